The molecular formula is C17H12ClN3O2. The summed E-state index contributed by atoms with van der Waals surface area (Å²) in [6, 6.07) is 18.0. The highest BCUT2D eigenvalue weighted by Crippen LogP contribution is 2.23. The van der Waals surface area contributed by atoms with E-state index in [-0.39, 0.29) is 5.75 Å². The molecule has 0 fully saturated rings. The maximum Gasteiger partial charge on any atom is 0.439 e. The Kier molecular flexibility index (Phi) is 4.49. The van der Waals surface area contributed by atoms with Gasteiger partial charge in [-0.15, -0.1) is 0 Å². The zero-order valence-electron chi connectivity index (χ0n) is 12.0. The Bertz CT molecular complexity index is 871. The van der Waals surface area contributed by atoms with Crippen LogP contribution in [0.1, 0.15) is 0 Å². The first-order chi connectivity index (χ1) is 11.2. The Morgan fingerprint density at radius 1 is 1.04 bits per heavy atom. The predicted molar refractivity (Wildman–Crippen MR) is 86.6 cm³/mol. The molecule has 0 atom stereocenters. The summed E-state index contributed by atoms with van der Waals surface area (Å²) in [6.07, 6.45) is 2.45. The third kappa shape index (κ3) is 3.84. The molecule has 0 aliphatic heterocycles. The molecule has 114 valence electrons. The number of para-hydroxylation sites is 2. The number of ether oxygens (including phenoxy) is 1. The maximum absolute atomic E-state index is 11.8. The van der Waals surface area contributed by atoms with E-state index in [1.165, 1.54) is 6.20 Å². The van der Waals surface area contributed by atoms with Gasteiger partial charge in [-0.05, 0) is 30.3 Å². The molecule has 1 heterocycles. The van der Waals surface area contributed by atoms with E-state index in [2.05, 4.69) is 10.1 Å². The molecule has 0 saturated heterocycles. The van der Waals surface area contributed by atoms with E-state index in [0.717, 1.165) is 5.69 Å². The molecule has 0 unspecified atom stereocenters. The quantitative estimate of drug-likeness (QED) is 0.723. The van der Waals surface area contributed by atoms with Crippen molar-refractivity contribution >= 4 is 17.7 Å². The summed E-state index contributed by atoms with van der Waals surface area (Å²) in [5, 5.41) is 4.96. The predicted octanol–water partition coefficient (Wildman–Crippen LogP) is 3.63. The molecule has 5 nitrogen and oxygen atoms in total. The van der Waals surface area contributed by atoms with Crippen LogP contribution in [0, 0.1) is 0 Å². The molecule has 1 aromatic heterocycles. The fourth-order valence-electron chi connectivity index (χ4n) is 1.90. The molecule has 3 aromatic rings. The minimum atomic E-state index is -0.752. The second kappa shape index (κ2) is 6.89. The van der Waals surface area contributed by atoms with Crippen LogP contribution < -0.4 is 10.1 Å². The van der Waals surface area contributed by atoms with Gasteiger partial charge in [0.2, 0.25) is 0 Å². The van der Waals surface area contributed by atoms with Crippen LogP contribution in [0.25, 0.3) is 5.69 Å². The number of rotatable bonds is 2. The second-order valence-corrected chi connectivity index (χ2v) is 4.98. The smallest absolute Gasteiger partial charge is 0.407 e. The highest BCUT2D eigenvalue weighted by molar-refractivity contribution is 6.32. The number of benzene rings is 2. The van der Waals surface area contributed by atoms with Crippen LogP contribution in [0.5, 0.6) is 5.75 Å². The first-order valence-electron chi connectivity index (χ1n) is 6.84. The number of carbonyl (C=O) groups is 1. The zero-order valence-corrected chi connectivity index (χ0v) is 12.7. The monoisotopic (exact) mass is 325 g/mol. The highest BCUT2D eigenvalue weighted by atomic mass is 35.5. The fourth-order valence-corrected chi connectivity index (χ4v) is 2.07. The summed E-state index contributed by atoms with van der Waals surface area (Å²) in [5.41, 5.74) is 0.915. The molecular weight excluding hydrogens is 314 g/mol. The number of nitrogens with zero attached hydrogens (tertiary/aromatic N) is 3. The Hall–Kier alpha value is -2.92. The molecule has 3 rings (SSSR count). The number of carbonyl (C=O) groups excluding carboxylic acids is 1. The van der Waals surface area contributed by atoms with Crippen LogP contribution in [0.3, 0.4) is 0 Å². The largest absolute Gasteiger partial charge is 0.439 e. The van der Waals surface area contributed by atoms with Crippen molar-refractivity contribution in [3.63, 3.8) is 0 Å². The third-order valence-corrected chi connectivity index (χ3v) is 3.29. The molecule has 2 aromatic carbocycles. The van der Waals surface area contributed by atoms with Crippen LogP contribution in [-0.4, -0.2) is 15.9 Å². The lowest BCUT2D eigenvalue weighted by Gasteiger charge is -2.04. The van der Waals surface area contributed by atoms with Gasteiger partial charge in [0.25, 0.3) is 0 Å². The normalized spacial score (nSPS) is 11.3. The highest BCUT2D eigenvalue weighted by Gasteiger charge is 2.05. The maximum atomic E-state index is 11.8. The average molecular weight is 326 g/mol. The lowest BCUT2D eigenvalue weighted by Crippen LogP contribution is -2.13. The van der Waals surface area contributed by atoms with Crippen LogP contribution in [-0.2, 0) is 0 Å². The van der Waals surface area contributed by atoms with Gasteiger partial charge in [-0.3, -0.25) is 0 Å². The topological polar surface area (TPSA) is 56.5 Å². The number of halogens is 1. The van der Waals surface area contributed by atoms with Crippen molar-refractivity contribution in [3.05, 3.63) is 83.4 Å². The number of amides is 1. The minimum Gasteiger partial charge on any atom is -0.407 e. The van der Waals surface area contributed by atoms with Crippen LogP contribution in [0.15, 0.2) is 78.0 Å². The van der Waals surface area contributed by atoms with E-state index in [1.54, 1.807) is 41.2 Å². The van der Waals surface area contributed by atoms with Gasteiger partial charge in [0.05, 0.1) is 22.3 Å². The van der Waals surface area contributed by atoms with Crippen molar-refractivity contribution in [2.45, 2.75) is 0 Å². The van der Waals surface area contributed by atoms with E-state index in [1.807, 2.05) is 30.3 Å². The molecule has 23 heavy (non-hydrogen) atoms. The Balaban J connectivity index is 1.78. The molecule has 0 aliphatic carbocycles. The van der Waals surface area contributed by atoms with Gasteiger partial charge < -0.3 is 4.74 Å². The Morgan fingerprint density at radius 3 is 2.48 bits per heavy atom. The summed E-state index contributed by atoms with van der Waals surface area (Å²) < 4.78 is 6.77. The summed E-state index contributed by atoms with van der Waals surface area (Å²) >= 11 is 5.93. The van der Waals surface area contributed by atoms with Crippen molar-refractivity contribution in [3.8, 4) is 11.4 Å². The fraction of sp³-hybridized carbons (Fsp3) is 0. The number of hydrogen-bond acceptors (Lipinski definition) is 3. The van der Waals surface area contributed by atoms with Gasteiger partial charge in [-0.25, -0.2) is 9.48 Å². The van der Waals surface area contributed by atoms with Crippen molar-refractivity contribution in [1.29, 1.82) is 0 Å². The van der Waals surface area contributed by atoms with Crippen molar-refractivity contribution in [2.24, 2.45) is 4.99 Å². The molecule has 6 heteroatoms. The number of aromatic nitrogens is 2. The van der Waals surface area contributed by atoms with Crippen LogP contribution in [0.2, 0.25) is 5.02 Å². The minimum absolute atomic E-state index is 0.270. The van der Waals surface area contributed by atoms with E-state index >= 15 is 0 Å². The van der Waals surface area contributed by atoms with Gasteiger partial charge in [0.1, 0.15) is 0 Å². The molecule has 0 bridgehead atoms. The molecule has 0 aliphatic rings. The van der Waals surface area contributed by atoms with Crippen molar-refractivity contribution in [1.82, 2.24) is 9.78 Å². The molecule has 1 amide bonds. The van der Waals surface area contributed by atoms with Gasteiger partial charge in [0.15, 0.2) is 5.75 Å². The molecule has 0 saturated carbocycles. The van der Waals surface area contributed by atoms with Gasteiger partial charge in [0, 0.05) is 6.20 Å². The standard InChI is InChI=1S/C17H12ClN3O2/c18-15-8-4-5-9-16(15)23-17(22)20-13-10-11-21(19-12-13)14-6-2-1-3-7-14/h1-12H/b20-13+. The van der Waals surface area contributed by atoms with E-state index in [4.69, 9.17) is 16.3 Å². The Morgan fingerprint density at radius 2 is 1.78 bits per heavy atom. The third-order valence-electron chi connectivity index (χ3n) is 2.98. The lowest BCUT2D eigenvalue weighted by molar-refractivity contribution is 0.210. The number of hydrogen-bond donors (Lipinski definition) is 0. The second-order valence-electron chi connectivity index (χ2n) is 4.58. The van der Waals surface area contributed by atoms with E-state index in [9.17, 15) is 4.79 Å². The van der Waals surface area contributed by atoms with Gasteiger partial charge in [-0.1, -0.05) is 41.9 Å². The van der Waals surface area contributed by atoms with Gasteiger partial charge >= 0.3 is 6.09 Å². The first kappa shape index (κ1) is 15.0. The zero-order chi connectivity index (χ0) is 16.1. The summed E-state index contributed by atoms with van der Waals surface area (Å²) in [4.78, 5) is 15.6. The summed E-state index contributed by atoms with van der Waals surface area (Å²) in [5.74, 6) is 0.270. The van der Waals surface area contributed by atoms with E-state index in [0.29, 0.717) is 10.4 Å². The summed E-state index contributed by atoms with van der Waals surface area (Å²) in [7, 11) is 0. The van der Waals surface area contributed by atoms with E-state index < -0.39 is 6.09 Å². The molecule has 0 radical (unpaired) electrons. The molecule has 0 N–H and O–H groups in total. The van der Waals surface area contributed by atoms with Crippen LogP contribution >= 0.6 is 11.6 Å². The SMILES string of the molecule is O=C(/N=c1\ccn(-c2ccccc2)nc1)Oc1ccccc1Cl. The van der Waals surface area contributed by atoms with Crippen molar-refractivity contribution in [2.75, 3.05) is 0 Å². The lowest BCUT2D eigenvalue weighted by atomic mass is 10.3. The Labute approximate surface area is 137 Å². The van der Waals surface area contributed by atoms with Crippen LogP contribution in [0.4, 0.5) is 4.79 Å². The average Bonchev–Trinajstić information content (AvgIpc) is 2.58. The van der Waals surface area contributed by atoms with Crippen molar-refractivity contribution < 1.29 is 9.53 Å². The first-order valence-corrected chi connectivity index (χ1v) is 7.22. The molecule has 0 spiro atoms. The summed E-state index contributed by atoms with van der Waals surface area (Å²) in [6.45, 7) is 0. The van der Waals surface area contributed by atoms with Gasteiger partial charge in [-0.2, -0.15) is 10.1 Å².